The molecule has 184 valence electrons. The van der Waals surface area contributed by atoms with Crippen LogP contribution in [0.1, 0.15) is 58.4 Å². The second-order valence-corrected chi connectivity index (χ2v) is 11.6. The summed E-state index contributed by atoms with van der Waals surface area (Å²) in [5.74, 6) is 1.79. The molecule has 1 saturated carbocycles. The molecule has 2 heterocycles. The number of ether oxygens (including phenoxy) is 1. The number of hydrogen-bond donors (Lipinski definition) is 0. The van der Waals surface area contributed by atoms with E-state index in [0.717, 1.165) is 51.2 Å². The zero-order valence-electron chi connectivity index (χ0n) is 21.0. The number of morpholine rings is 1. The Morgan fingerprint density at radius 3 is 2.24 bits per heavy atom. The van der Waals surface area contributed by atoms with Gasteiger partial charge in [0.15, 0.2) is 0 Å². The van der Waals surface area contributed by atoms with E-state index in [0.29, 0.717) is 5.41 Å². The number of piperazine rings is 1. The van der Waals surface area contributed by atoms with Gasteiger partial charge in [-0.3, -0.25) is 4.90 Å². The van der Waals surface area contributed by atoms with Gasteiger partial charge in [0.05, 0.1) is 13.2 Å². The second kappa shape index (κ2) is 10.6. The molecule has 3 fully saturated rings. The third-order valence-corrected chi connectivity index (χ3v) is 8.26. The van der Waals surface area contributed by atoms with Gasteiger partial charge in [-0.05, 0) is 73.1 Å². The first kappa shape index (κ1) is 24.9. The summed E-state index contributed by atoms with van der Waals surface area (Å²) >= 11 is 0. The summed E-state index contributed by atoms with van der Waals surface area (Å²) in [5.41, 5.74) is 6.32. The highest BCUT2D eigenvalue weighted by atomic mass is 35.5. The lowest BCUT2D eigenvalue weighted by atomic mass is 9.72. The van der Waals surface area contributed by atoms with Gasteiger partial charge in [-0.25, -0.2) is 0 Å². The number of rotatable bonds is 5. The Morgan fingerprint density at radius 2 is 1.64 bits per heavy atom. The summed E-state index contributed by atoms with van der Waals surface area (Å²) in [7, 11) is 0. The molecule has 0 spiro atoms. The number of halogens is 1. The molecule has 33 heavy (non-hydrogen) atoms. The molecule has 2 aliphatic heterocycles. The molecule has 2 saturated heterocycles. The summed E-state index contributed by atoms with van der Waals surface area (Å²) < 4.78 is 5.61. The van der Waals surface area contributed by atoms with Crippen molar-refractivity contribution in [1.82, 2.24) is 4.90 Å². The molecule has 0 bridgehead atoms. The molecular weight excluding hydrogens is 430 g/mol. The fourth-order valence-corrected chi connectivity index (χ4v) is 5.78. The first-order valence-electron chi connectivity index (χ1n) is 13.1. The number of allylic oxidation sites excluding steroid dienone is 2. The van der Waals surface area contributed by atoms with E-state index in [9.17, 15) is 0 Å². The van der Waals surface area contributed by atoms with Gasteiger partial charge in [0.1, 0.15) is 0 Å². The van der Waals surface area contributed by atoms with E-state index < -0.39 is 0 Å². The lowest BCUT2D eigenvalue weighted by Crippen LogP contribution is -2.47. The van der Waals surface area contributed by atoms with Gasteiger partial charge in [-0.1, -0.05) is 26.8 Å². The third-order valence-electron chi connectivity index (χ3n) is 8.26. The number of anilines is 2. The molecule has 5 heteroatoms. The van der Waals surface area contributed by atoms with Crippen molar-refractivity contribution in [1.29, 1.82) is 0 Å². The summed E-state index contributed by atoms with van der Waals surface area (Å²) in [4.78, 5) is 7.87. The average molecular weight is 474 g/mol. The van der Waals surface area contributed by atoms with E-state index in [-0.39, 0.29) is 12.4 Å². The van der Waals surface area contributed by atoms with Gasteiger partial charge in [-0.15, -0.1) is 12.4 Å². The van der Waals surface area contributed by atoms with Gasteiger partial charge in [-0.2, -0.15) is 0 Å². The molecule has 0 amide bonds. The highest BCUT2D eigenvalue weighted by molar-refractivity contribution is 5.85. The molecule has 2 aliphatic carbocycles. The lowest BCUT2D eigenvalue weighted by molar-refractivity contribution is 0.122. The monoisotopic (exact) mass is 473 g/mol. The van der Waals surface area contributed by atoms with Gasteiger partial charge < -0.3 is 14.5 Å². The fourth-order valence-electron chi connectivity index (χ4n) is 5.78. The van der Waals surface area contributed by atoms with Crippen LogP contribution in [-0.2, 0) is 4.74 Å². The number of benzene rings is 1. The highest BCUT2D eigenvalue weighted by Gasteiger charge is 2.30. The van der Waals surface area contributed by atoms with Gasteiger partial charge >= 0.3 is 0 Å². The molecule has 4 aliphatic rings. The maximum Gasteiger partial charge on any atom is 0.0642 e. The van der Waals surface area contributed by atoms with Crippen molar-refractivity contribution < 1.29 is 4.74 Å². The smallest absolute Gasteiger partial charge is 0.0642 e. The number of hydrogen-bond acceptors (Lipinski definition) is 4. The standard InChI is InChI=1S/C28H43N3O.ClH/c1-28(2,3)24-8-6-23(7-9-24)26-20-25(30-16-18-32-19-17-30)10-11-27(26)31-14-12-29(13-15-31)21-22-4-5-22;/h6,10-11,20,22,24H,4-5,7-9,12-19,21H2,1-3H3;1H. The summed E-state index contributed by atoms with van der Waals surface area (Å²) in [6, 6.07) is 7.29. The summed E-state index contributed by atoms with van der Waals surface area (Å²) in [5, 5.41) is 0. The molecular formula is C28H44ClN3O. The average Bonchev–Trinajstić information content (AvgIpc) is 3.63. The van der Waals surface area contributed by atoms with Gasteiger partial charge in [0, 0.05) is 62.8 Å². The van der Waals surface area contributed by atoms with E-state index in [1.807, 2.05) is 0 Å². The number of nitrogens with zero attached hydrogens (tertiary/aromatic N) is 3. The Balaban J connectivity index is 0.00000259. The normalized spacial score (nSPS) is 24.9. The first-order chi connectivity index (χ1) is 15.5. The Morgan fingerprint density at radius 1 is 0.909 bits per heavy atom. The minimum Gasteiger partial charge on any atom is -0.378 e. The van der Waals surface area contributed by atoms with Crippen molar-refractivity contribution >= 4 is 29.4 Å². The zero-order chi connectivity index (χ0) is 22.1. The van der Waals surface area contributed by atoms with E-state index in [1.165, 1.54) is 68.7 Å². The Bertz CT molecular complexity index is 815. The van der Waals surface area contributed by atoms with Crippen molar-refractivity contribution in [3.63, 3.8) is 0 Å². The highest BCUT2D eigenvalue weighted by Crippen LogP contribution is 2.42. The van der Waals surface area contributed by atoms with E-state index >= 15 is 0 Å². The largest absolute Gasteiger partial charge is 0.378 e. The van der Waals surface area contributed by atoms with Crippen LogP contribution in [0.3, 0.4) is 0 Å². The van der Waals surface area contributed by atoms with Crippen LogP contribution in [0.4, 0.5) is 11.4 Å². The quantitative estimate of drug-likeness (QED) is 0.545. The Labute approximate surface area is 207 Å². The molecule has 0 N–H and O–H groups in total. The molecule has 0 aromatic heterocycles. The van der Waals surface area contributed by atoms with Crippen molar-refractivity contribution in [3.8, 4) is 0 Å². The van der Waals surface area contributed by atoms with Crippen molar-refractivity contribution in [3.05, 3.63) is 29.8 Å². The molecule has 1 aromatic carbocycles. The van der Waals surface area contributed by atoms with Crippen LogP contribution in [0.15, 0.2) is 24.3 Å². The van der Waals surface area contributed by atoms with Gasteiger partial charge in [0.2, 0.25) is 0 Å². The molecule has 4 nitrogen and oxygen atoms in total. The van der Waals surface area contributed by atoms with Crippen molar-refractivity contribution in [2.24, 2.45) is 17.3 Å². The Hall–Kier alpha value is -1.23. The first-order valence-corrected chi connectivity index (χ1v) is 13.1. The van der Waals surface area contributed by atoms with Crippen LogP contribution in [0, 0.1) is 17.3 Å². The van der Waals surface area contributed by atoms with Crippen LogP contribution in [0.2, 0.25) is 0 Å². The molecule has 1 unspecified atom stereocenters. The minimum absolute atomic E-state index is 0. The Kier molecular flexibility index (Phi) is 7.98. The molecule has 5 rings (SSSR count). The maximum atomic E-state index is 5.61. The predicted molar refractivity (Wildman–Crippen MR) is 143 cm³/mol. The SMILES string of the molecule is CC(C)(C)C1CC=C(c2cc(N3CCOCC3)ccc2N2CCN(CC3CC3)CC2)CC1.Cl. The second-order valence-electron chi connectivity index (χ2n) is 11.6. The summed E-state index contributed by atoms with van der Waals surface area (Å²) in [6.45, 7) is 17.0. The van der Waals surface area contributed by atoms with Crippen LogP contribution in [0.25, 0.3) is 5.57 Å². The van der Waals surface area contributed by atoms with E-state index in [1.54, 1.807) is 5.57 Å². The predicted octanol–water partition coefficient (Wildman–Crippen LogP) is 5.71. The maximum absolute atomic E-state index is 5.61. The zero-order valence-corrected chi connectivity index (χ0v) is 21.8. The minimum atomic E-state index is 0. The van der Waals surface area contributed by atoms with Crippen molar-refractivity contribution in [2.75, 3.05) is 68.8 Å². The van der Waals surface area contributed by atoms with E-state index in [4.69, 9.17) is 4.74 Å². The molecule has 0 radical (unpaired) electrons. The summed E-state index contributed by atoms with van der Waals surface area (Å²) in [6.07, 6.45) is 9.23. The topological polar surface area (TPSA) is 19.0 Å². The van der Waals surface area contributed by atoms with Crippen LogP contribution < -0.4 is 9.80 Å². The molecule has 1 aromatic rings. The van der Waals surface area contributed by atoms with Crippen LogP contribution in [-0.4, -0.2) is 63.9 Å². The van der Waals surface area contributed by atoms with Gasteiger partial charge in [0.25, 0.3) is 0 Å². The lowest BCUT2D eigenvalue weighted by Gasteiger charge is -2.39. The van der Waals surface area contributed by atoms with Crippen molar-refractivity contribution in [2.45, 2.75) is 52.9 Å². The van der Waals surface area contributed by atoms with Crippen LogP contribution >= 0.6 is 12.4 Å². The molecule has 1 atom stereocenters. The fraction of sp³-hybridized carbons (Fsp3) is 0.714. The van der Waals surface area contributed by atoms with E-state index in [2.05, 4.69) is 59.7 Å². The van der Waals surface area contributed by atoms with Crippen LogP contribution in [0.5, 0.6) is 0 Å². The third kappa shape index (κ3) is 6.07.